The van der Waals surface area contributed by atoms with Crippen LogP contribution in [-0.4, -0.2) is 16.4 Å². The minimum atomic E-state index is 0.456. The maximum Gasteiger partial charge on any atom is 0.169 e. The maximum atomic E-state index is 6.14. The first-order valence-corrected chi connectivity index (χ1v) is 7.91. The Kier molecular flexibility index (Phi) is 4.70. The van der Waals surface area contributed by atoms with Crippen LogP contribution in [0.5, 0.6) is 11.5 Å². The molecule has 0 amide bonds. The summed E-state index contributed by atoms with van der Waals surface area (Å²) in [5, 5.41) is 4.22. The van der Waals surface area contributed by atoms with Crippen molar-refractivity contribution >= 4 is 5.82 Å². The van der Waals surface area contributed by atoms with Gasteiger partial charge in [0.25, 0.3) is 0 Å². The molecule has 0 aliphatic heterocycles. The lowest BCUT2D eigenvalue weighted by Crippen LogP contribution is -2.02. The van der Waals surface area contributed by atoms with E-state index in [0.29, 0.717) is 30.5 Å². The molecule has 0 bridgehead atoms. The molecule has 3 aromatic rings. The molecule has 0 fully saturated rings. The van der Waals surface area contributed by atoms with Gasteiger partial charge in [0.1, 0.15) is 12.4 Å². The molecule has 0 spiro atoms. The molecule has 0 atom stereocenters. The highest BCUT2D eigenvalue weighted by molar-refractivity contribution is 5.80. The fourth-order valence-corrected chi connectivity index (χ4v) is 2.53. The number of ether oxygens (including phenoxy) is 2. The largest absolute Gasteiger partial charge is 0.490 e. The third kappa shape index (κ3) is 3.20. The lowest BCUT2D eigenvalue weighted by Gasteiger charge is -2.16. The van der Waals surface area contributed by atoms with Crippen molar-refractivity contribution in [2.75, 3.05) is 12.3 Å². The van der Waals surface area contributed by atoms with Crippen molar-refractivity contribution in [2.45, 2.75) is 13.5 Å². The molecule has 0 saturated carbocycles. The number of para-hydroxylation sites is 1. The van der Waals surface area contributed by atoms with Crippen LogP contribution in [0, 0.1) is 0 Å². The summed E-state index contributed by atoms with van der Waals surface area (Å²) in [7, 11) is 1.82. The first-order chi connectivity index (χ1) is 11.7. The average Bonchev–Trinajstić information content (AvgIpc) is 2.94. The van der Waals surface area contributed by atoms with Crippen molar-refractivity contribution in [1.29, 1.82) is 0 Å². The van der Waals surface area contributed by atoms with Crippen LogP contribution in [-0.2, 0) is 13.7 Å². The summed E-state index contributed by atoms with van der Waals surface area (Å²) in [6.07, 6.45) is 1.75. The lowest BCUT2D eigenvalue weighted by atomic mass is 10.1. The zero-order valence-electron chi connectivity index (χ0n) is 13.9. The number of nitrogens with zero attached hydrogens (tertiary/aromatic N) is 2. The van der Waals surface area contributed by atoms with E-state index >= 15 is 0 Å². The molecule has 1 heterocycles. The summed E-state index contributed by atoms with van der Waals surface area (Å²) < 4.78 is 13.5. The van der Waals surface area contributed by atoms with Gasteiger partial charge in [-0.2, -0.15) is 5.10 Å². The van der Waals surface area contributed by atoms with Crippen molar-refractivity contribution in [1.82, 2.24) is 9.78 Å². The average molecular weight is 323 g/mol. The Morgan fingerprint density at radius 3 is 2.46 bits per heavy atom. The van der Waals surface area contributed by atoms with Crippen molar-refractivity contribution in [3.63, 3.8) is 0 Å². The molecule has 24 heavy (non-hydrogen) atoms. The van der Waals surface area contributed by atoms with Crippen molar-refractivity contribution in [2.24, 2.45) is 7.05 Å². The first kappa shape index (κ1) is 15.9. The minimum Gasteiger partial charge on any atom is -0.490 e. The normalized spacial score (nSPS) is 10.6. The Hall–Kier alpha value is -2.95. The number of anilines is 1. The highest BCUT2D eigenvalue weighted by Crippen LogP contribution is 2.40. The van der Waals surface area contributed by atoms with Gasteiger partial charge in [-0.15, -0.1) is 0 Å². The Balaban J connectivity index is 1.99. The van der Waals surface area contributed by atoms with Gasteiger partial charge in [0.15, 0.2) is 11.5 Å². The van der Waals surface area contributed by atoms with E-state index in [0.717, 1.165) is 16.7 Å². The van der Waals surface area contributed by atoms with Crippen LogP contribution in [0.1, 0.15) is 12.5 Å². The molecule has 2 aromatic carbocycles. The molecule has 1 aromatic heterocycles. The summed E-state index contributed by atoms with van der Waals surface area (Å²) in [5.74, 6) is 1.98. The zero-order chi connectivity index (χ0) is 16.9. The standard InChI is InChI=1S/C19H21N3O2/c1-3-23-17-11-7-10-15(16-12-21-22(2)19(16)20)18(17)24-13-14-8-5-4-6-9-14/h4-12H,3,13,20H2,1-2H3. The van der Waals surface area contributed by atoms with Crippen molar-refractivity contribution in [3.05, 3.63) is 60.3 Å². The van der Waals surface area contributed by atoms with E-state index in [2.05, 4.69) is 5.10 Å². The molecule has 3 rings (SSSR count). The molecule has 0 aliphatic carbocycles. The predicted molar refractivity (Wildman–Crippen MR) is 95.0 cm³/mol. The van der Waals surface area contributed by atoms with Crippen molar-refractivity contribution in [3.8, 4) is 22.6 Å². The summed E-state index contributed by atoms with van der Waals surface area (Å²) in [6.45, 7) is 2.97. The van der Waals surface area contributed by atoms with Gasteiger partial charge in [-0.3, -0.25) is 4.68 Å². The monoisotopic (exact) mass is 323 g/mol. The van der Waals surface area contributed by atoms with Crippen LogP contribution in [0.4, 0.5) is 5.82 Å². The molecule has 5 heteroatoms. The maximum absolute atomic E-state index is 6.14. The van der Waals surface area contributed by atoms with Gasteiger partial charge in [-0.25, -0.2) is 0 Å². The topological polar surface area (TPSA) is 62.3 Å². The Bertz CT molecular complexity index is 813. The zero-order valence-corrected chi connectivity index (χ0v) is 13.9. The van der Waals surface area contributed by atoms with Crippen LogP contribution in [0.2, 0.25) is 0 Å². The van der Waals surface area contributed by atoms with Gasteiger partial charge in [-0.1, -0.05) is 42.5 Å². The second kappa shape index (κ2) is 7.08. The fraction of sp³-hybridized carbons (Fsp3) is 0.211. The highest BCUT2D eigenvalue weighted by atomic mass is 16.5. The smallest absolute Gasteiger partial charge is 0.169 e. The van der Waals surface area contributed by atoms with E-state index in [1.165, 1.54) is 0 Å². The number of nitrogen functional groups attached to an aromatic ring is 1. The number of hydrogen-bond donors (Lipinski definition) is 1. The summed E-state index contributed by atoms with van der Waals surface area (Å²) in [4.78, 5) is 0. The second-order valence-corrected chi connectivity index (χ2v) is 5.41. The molecule has 124 valence electrons. The van der Waals surface area contributed by atoms with Crippen LogP contribution in [0.25, 0.3) is 11.1 Å². The molecular formula is C19H21N3O2. The number of rotatable bonds is 6. The number of aryl methyl sites for hydroxylation is 1. The summed E-state index contributed by atoms with van der Waals surface area (Å²) in [6, 6.07) is 15.8. The molecular weight excluding hydrogens is 302 g/mol. The molecule has 0 unspecified atom stereocenters. The van der Waals surface area contributed by atoms with E-state index in [1.54, 1.807) is 10.9 Å². The van der Waals surface area contributed by atoms with E-state index in [4.69, 9.17) is 15.2 Å². The molecule has 5 nitrogen and oxygen atoms in total. The summed E-state index contributed by atoms with van der Waals surface area (Å²) >= 11 is 0. The SMILES string of the molecule is CCOc1cccc(-c2cnn(C)c2N)c1OCc1ccccc1. The molecule has 2 N–H and O–H groups in total. The molecule has 0 aliphatic rings. The number of nitrogens with two attached hydrogens (primary N) is 1. The van der Waals surface area contributed by atoms with E-state index in [1.807, 2.05) is 62.5 Å². The third-order valence-electron chi connectivity index (χ3n) is 3.78. The fourth-order valence-electron chi connectivity index (χ4n) is 2.53. The van der Waals surface area contributed by atoms with Gasteiger partial charge >= 0.3 is 0 Å². The van der Waals surface area contributed by atoms with E-state index < -0.39 is 0 Å². The van der Waals surface area contributed by atoms with Crippen LogP contribution >= 0.6 is 0 Å². The number of benzene rings is 2. The van der Waals surface area contributed by atoms with Crippen LogP contribution < -0.4 is 15.2 Å². The number of hydrogen-bond acceptors (Lipinski definition) is 4. The third-order valence-corrected chi connectivity index (χ3v) is 3.78. The lowest BCUT2D eigenvalue weighted by molar-refractivity contribution is 0.270. The van der Waals surface area contributed by atoms with E-state index in [-0.39, 0.29) is 0 Å². The Labute approximate surface area is 141 Å². The van der Waals surface area contributed by atoms with Gasteiger partial charge in [0.2, 0.25) is 0 Å². The summed E-state index contributed by atoms with van der Waals surface area (Å²) in [5.41, 5.74) is 8.94. The quantitative estimate of drug-likeness (QED) is 0.752. The highest BCUT2D eigenvalue weighted by Gasteiger charge is 2.17. The number of aromatic nitrogens is 2. The van der Waals surface area contributed by atoms with Crippen LogP contribution in [0.3, 0.4) is 0 Å². The van der Waals surface area contributed by atoms with Crippen molar-refractivity contribution < 1.29 is 9.47 Å². The second-order valence-electron chi connectivity index (χ2n) is 5.41. The molecule has 0 radical (unpaired) electrons. The van der Waals surface area contributed by atoms with Crippen LogP contribution in [0.15, 0.2) is 54.7 Å². The van der Waals surface area contributed by atoms with E-state index in [9.17, 15) is 0 Å². The Morgan fingerprint density at radius 1 is 1.00 bits per heavy atom. The Morgan fingerprint density at radius 2 is 1.79 bits per heavy atom. The first-order valence-electron chi connectivity index (χ1n) is 7.91. The molecule has 0 saturated heterocycles. The van der Waals surface area contributed by atoms with Gasteiger partial charge in [0.05, 0.1) is 12.8 Å². The van der Waals surface area contributed by atoms with Gasteiger partial charge < -0.3 is 15.2 Å². The van der Waals surface area contributed by atoms with Gasteiger partial charge in [0, 0.05) is 18.2 Å². The van der Waals surface area contributed by atoms with Gasteiger partial charge in [-0.05, 0) is 18.6 Å². The predicted octanol–water partition coefficient (Wildman–Crippen LogP) is 3.65. The minimum absolute atomic E-state index is 0.456.